The van der Waals surface area contributed by atoms with Crippen LogP contribution in [0.5, 0.6) is 0 Å². The lowest BCUT2D eigenvalue weighted by molar-refractivity contribution is 0.0947. The molecule has 0 fully saturated rings. The highest BCUT2D eigenvalue weighted by molar-refractivity contribution is 7.13. The molecule has 1 rings (SSSR count). The molecule has 0 aliphatic heterocycles. The smallest absolute Gasteiger partial charge is 0.270 e. The summed E-state index contributed by atoms with van der Waals surface area (Å²) in [5.41, 5.74) is 5.88. The van der Waals surface area contributed by atoms with Gasteiger partial charge < -0.3 is 15.5 Å². The molecule has 1 aromatic rings. The second-order valence-electron chi connectivity index (χ2n) is 6.29. The zero-order valence-electron chi connectivity index (χ0n) is 12.9. The van der Waals surface area contributed by atoms with Crippen LogP contribution in [0, 0.1) is 0 Å². The van der Waals surface area contributed by atoms with Gasteiger partial charge in [0, 0.05) is 18.5 Å². The number of nitrogens with two attached hydrogens (primary N) is 1. The van der Waals surface area contributed by atoms with Gasteiger partial charge in [-0.25, -0.2) is 4.98 Å². The van der Waals surface area contributed by atoms with E-state index < -0.39 is 8.32 Å². The van der Waals surface area contributed by atoms with Gasteiger partial charge in [0.15, 0.2) is 13.4 Å². The van der Waals surface area contributed by atoms with E-state index in [0.29, 0.717) is 24.0 Å². The number of carbonyl (C=O) groups is 1. The molecule has 1 amide bonds. The summed E-state index contributed by atoms with van der Waals surface area (Å²) in [6.45, 7) is 12.4. The van der Waals surface area contributed by atoms with Crippen molar-refractivity contribution in [1.82, 2.24) is 10.3 Å². The van der Waals surface area contributed by atoms with Gasteiger partial charge in [-0.15, -0.1) is 11.3 Å². The van der Waals surface area contributed by atoms with Crippen molar-refractivity contribution in [3.8, 4) is 0 Å². The Bertz CT molecular complexity index is 455. The number of rotatable bonds is 6. The quantitative estimate of drug-likeness (QED) is 0.625. The van der Waals surface area contributed by atoms with Crippen LogP contribution in [0.4, 0.5) is 5.13 Å². The first kappa shape index (κ1) is 17.1. The lowest BCUT2D eigenvalue weighted by atomic mass is 10.2. The van der Waals surface area contributed by atoms with Gasteiger partial charge in [-0.1, -0.05) is 20.8 Å². The summed E-state index contributed by atoms with van der Waals surface area (Å²) in [5, 5.41) is 5.12. The molecule has 0 atom stereocenters. The topological polar surface area (TPSA) is 77.2 Å². The van der Waals surface area contributed by atoms with Crippen LogP contribution in [0.3, 0.4) is 0 Å². The van der Waals surface area contributed by atoms with Gasteiger partial charge in [0.05, 0.1) is 0 Å². The average Bonchev–Trinajstić information content (AvgIpc) is 2.73. The minimum absolute atomic E-state index is 0.176. The number of aromatic nitrogens is 1. The first-order valence-corrected chi connectivity index (χ1v) is 10.6. The van der Waals surface area contributed by atoms with E-state index in [1.165, 1.54) is 11.3 Å². The maximum atomic E-state index is 11.7. The molecule has 0 bridgehead atoms. The van der Waals surface area contributed by atoms with Crippen LogP contribution in [0.2, 0.25) is 18.1 Å². The second kappa shape index (κ2) is 6.69. The Labute approximate surface area is 126 Å². The summed E-state index contributed by atoms with van der Waals surface area (Å²) in [6, 6.07) is 0. The third-order valence-electron chi connectivity index (χ3n) is 3.63. The Kier molecular flexibility index (Phi) is 5.73. The second-order valence-corrected chi connectivity index (χ2v) is 12.0. The largest absolute Gasteiger partial charge is 0.417 e. The van der Waals surface area contributed by atoms with Crippen molar-refractivity contribution in [1.29, 1.82) is 0 Å². The highest BCUT2D eigenvalue weighted by Gasteiger charge is 2.36. The highest BCUT2D eigenvalue weighted by Crippen LogP contribution is 2.36. The number of anilines is 1. The van der Waals surface area contributed by atoms with E-state index in [0.717, 1.165) is 6.42 Å². The number of nitrogen functional groups attached to an aromatic ring is 1. The van der Waals surface area contributed by atoms with E-state index in [2.05, 4.69) is 44.2 Å². The Morgan fingerprint density at radius 3 is 2.65 bits per heavy atom. The van der Waals surface area contributed by atoms with E-state index in [1.807, 2.05) is 0 Å². The molecule has 20 heavy (non-hydrogen) atoms. The number of hydrogen-bond acceptors (Lipinski definition) is 5. The number of amides is 1. The summed E-state index contributed by atoms with van der Waals surface area (Å²) in [7, 11) is -1.68. The Morgan fingerprint density at radius 1 is 1.50 bits per heavy atom. The van der Waals surface area contributed by atoms with Crippen LogP contribution in [-0.2, 0) is 4.43 Å². The molecule has 0 spiro atoms. The fraction of sp³-hybridized carbons (Fsp3) is 0.692. The van der Waals surface area contributed by atoms with E-state index in [-0.39, 0.29) is 10.9 Å². The Balaban J connectivity index is 2.24. The predicted molar refractivity (Wildman–Crippen MR) is 86.6 cm³/mol. The van der Waals surface area contributed by atoms with Crippen LogP contribution in [0.1, 0.15) is 37.7 Å². The number of nitrogens with zero attached hydrogens (tertiary/aromatic N) is 1. The fourth-order valence-corrected chi connectivity index (χ4v) is 2.93. The molecule has 5 nitrogen and oxygen atoms in total. The van der Waals surface area contributed by atoms with E-state index in [1.54, 1.807) is 5.38 Å². The molecule has 3 N–H and O–H groups in total. The van der Waals surface area contributed by atoms with Gasteiger partial charge in [-0.2, -0.15) is 0 Å². The maximum Gasteiger partial charge on any atom is 0.270 e. The van der Waals surface area contributed by atoms with Gasteiger partial charge >= 0.3 is 0 Å². The number of thiazole rings is 1. The SMILES string of the molecule is CC(C)(C)[Si](C)(C)OCCCNC(=O)c1csc(N)n1. The van der Waals surface area contributed by atoms with Crippen molar-refractivity contribution >= 4 is 30.7 Å². The third-order valence-corrected chi connectivity index (χ3v) is 8.84. The van der Waals surface area contributed by atoms with Crippen LogP contribution in [-0.4, -0.2) is 32.4 Å². The highest BCUT2D eigenvalue weighted by atomic mass is 32.1. The molecule has 7 heteroatoms. The monoisotopic (exact) mass is 315 g/mol. The van der Waals surface area contributed by atoms with Gasteiger partial charge in [-0.3, -0.25) is 4.79 Å². The predicted octanol–water partition coefficient (Wildman–Crippen LogP) is 2.87. The summed E-state index contributed by atoms with van der Waals surface area (Å²) < 4.78 is 6.04. The minimum atomic E-state index is -1.68. The Morgan fingerprint density at radius 2 is 2.15 bits per heavy atom. The average molecular weight is 316 g/mol. The van der Waals surface area contributed by atoms with E-state index in [9.17, 15) is 4.79 Å². The maximum absolute atomic E-state index is 11.7. The molecular weight excluding hydrogens is 290 g/mol. The summed E-state index contributed by atoms with van der Waals surface area (Å²) in [5.74, 6) is -0.176. The van der Waals surface area contributed by atoms with Crippen molar-refractivity contribution < 1.29 is 9.22 Å². The molecule has 0 radical (unpaired) electrons. The zero-order chi connectivity index (χ0) is 15.4. The number of nitrogens with one attached hydrogen (secondary N) is 1. The van der Waals surface area contributed by atoms with E-state index >= 15 is 0 Å². The van der Waals surface area contributed by atoms with Crippen molar-refractivity contribution in [2.45, 2.75) is 45.3 Å². The van der Waals surface area contributed by atoms with Crippen molar-refractivity contribution in [2.75, 3.05) is 18.9 Å². The summed E-state index contributed by atoms with van der Waals surface area (Å²) in [4.78, 5) is 15.7. The lowest BCUT2D eigenvalue weighted by Crippen LogP contribution is -2.41. The normalized spacial score (nSPS) is 12.4. The first-order valence-electron chi connectivity index (χ1n) is 6.76. The molecule has 1 heterocycles. The van der Waals surface area contributed by atoms with Gasteiger partial charge in [-0.05, 0) is 24.6 Å². The number of carbonyl (C=O) groups excluding carboxylic acids is 1. The van der Waals surface area contributed by atoms with E-state index in [4.69, 9.17) is 10.2 Å². The standard InChI is InChI=1S/C13H25N3O2SSi/c1-13(2,3)20(4,5)18-8-6-7-15-11(17)10-9-19-12(14)16-10/h9H,6-8H2,1-5H3,(H2,14,16)(H,15,17). The minimum Gasteiger partial charge on any atom is -0.417 e. The summed E-state index contributed by atoms with van der Waals surface area (Å²) >= 11 is 1.27. The molecule has 0 aliphatic rings. The molecule has 1 aromatic heterocycles. The van der Waals surface area contributed by atoms with Gasteiger partial charge in [0.1, 0.15) is 5.69 Å². The van der Waals surface area contributed by atoms with Gasteiger partial charge in [0.25, 0.3) is 5.91 Å². The van der Waals surface area contributed by atoms with Crippen molar-refractivity contribution in [3.63, 3.8) is 0 Å². The fourth-order valence-electron chi connectivity index (χ4n) is 1.30. The van der Waals surface area contributed by atoms with Crippen LogP contribution >= 0.6 is 11.3 Å². The number of hydrogen-bond donors (Lipinski definition) is 2. The van der Waals surface area contributed by atoms with Crippen molar-refractivity contribution in [3.05, 3.63) is 11.1 Å². The molecule has 0 unspecified atom stereocenters. The summed E-state index contributed by atoms with van der Waals surface area (Å²) in [6.07, 6.45) is 0.803. The zero-order valence-corrected chi connectivity index (χ0v) is 14.8. The first-order chi connectivity index (χ1) is 9.13. The Hall–Kier alpha value is -0.923. The van der Waals surface area contributed by atoms with Crippen LogP contribution < -0.4 is 11.1 Å². The molecular formula is C13H25N3O2SSi. The molecule has 0 aromatic carbocycles. The third kappa shape index (κ3) is 4.88. The van der Waals surface area contributed by atoms with Crippen LogP contribution in [0.15, 0.2) is 5.38 Å². The molecule has 114 valence electrons. The molecule has 0 saturated heterocycles. The lowest BCUT2D eigenvalue weighted by Gasteiger charge is -2.36. The molecule has 0 aliphatic carbocycles. The van der Waals surface area contributed by atoms with Crippen molar-refractivity contribution in [2.24, 2.45) is 0 Å². The van der Waals surface area contributed by atoms with Crippen LogP contribution in [0.25, 0.3) is 0 Å². The van der Waals surface area contributed by atoms with Gasteiger partial charge in [0.2, 0.25) is 0 Å². The molecule has 0 saturated carbocycles.